The fourth-order valence-corrected chi connectivity index (χ4v) is 4.02. The Balaban J connectivity index is 1.40. The van der Waals surface area contributed by atoms with E-state index < -0.39 is 23.1 Å². The van der Waals surface area contributed by atoms with Gasteiger partial charge in [-0.15, -0.1) is 0 Å². The van der Waals surface area contributed by atoms with Gasteiger partial charge in [-0.05, 0) is 48.9 Å². The molecule has 9 nitrogen and oxygen atoms in total. The number of carbonyl (C=O) groups is 1. The first-order chi connectivity index (χ1) is 17.7. The highest BCUT2D eigenvalue weighted by Crippen LogP contribution is 2.30. The molecule has 0 spiro atoms. The first kappa shape index (κ1) is 24.3. The van der Waals surface area contributed by atoms with Crippen LogP contribution >= 0.6 is 15.9 Å². The van der Waals surface area contributed by atoms with E-state index in [1.54, 1.807) is 22.9 Å². The van der Waals surface area contributed by atoms with E-state index in [0.29, 0.717) is 15.5 Å². The third kappa shape index (κ3) is 4.70. The number of hydrogen-bond donors (Lipinski definition) is 1. The lowest BCUT2D eigenvalue weighted by atomic mass is 10.2. The van der Waals surface area contributed by atoms with Gasteiger partial charge in [0.25, 0.3) is 11.5 Å². The Hall–Kier alpha value is -4.45. The minimum absolute atomic E-state index is 0.101. The summed E-state index contributed by atoms with van der Waals surface area (Å²) in [6.45, 7) is 1.52. The summed E-state index contributed by atoms with van der Waals surface area (Å²) < 4.78 is 38.0. The van der Waals surface area contributed by atoms with Gasteiger partial charge in [0.15, 0.2) is 17.3 Å². The fourth-order valence-electron chi connectivity index (χ4n) is 3.68. The average Bonchev–Trinajstić information content (AvgIpc) is 3.23. The minimum atomic E-state index is -0.743. The Morgan fingerprint density at radius 1 is 1.05 bits per heavy atom. The van der Waals surface area contributed by atoms with E-state index in [9.17, 15) is 18.4 Å². The lowest BCUT2D eigenvalue weighted by molar-refractivity contribution is 0.102. The third-order valence-corrected chi connectivity index (χ3v) is 5.99. The van der Waals surface area contributed by atoms with E-state index in [1.807, 2.05) is 7.05 Å². The summed E-state index contributed by atoms with van der Waals surface area (Å²) in [6.07, 6.45) is 3.10. The van der Waals surface area contributed by atoms with E-state index in [4.69, 9.17) is 4.74 Å². The number of amides is 1. The summed E-state index contributed by atoms with van der Waals surface area (Å²) in [5, 5.41) is 7.21. The summed E-state index contributed by atoms with van der Waals surface area (Å²) in [5.41, 5.74) is 0.159. The topological polar surface area (TPSA) is 104 Å². The Bertz CT molecular complexity index is 1750. The lowest BCUT2D eigenvalue weighted by Crippen LogP contribution is -2.27. The van der Waals surface area contributed by atoms with Crippen molar-refractivity contribution in [3.63, 3.8) is 0 Å². The molecule has 0 unspecified atom stereocenters. The highest BCUT2D eigenvalue weighted by molar-refractivity contribution is 9.10. The van der Waals surface area contributed by atoms with Gasteiger partial charge in [0.2, 0.25) is 5.88 Å². The number of aryl methyl sites for hydroxylation is 2. The number of halogens is 3. The Labute approximate surface area is 216 Å². The zero-order chi connectivity index (χ0) is 26.3. The molecule has 0 saturated heterocycles. The smallest absolute Gasteiger partial charge is 0.276 e. The molecule has 0 radical (unpaired) electrons. The van der Waals surface area contributed by atoms with Crippen molar-refractivity contribution < 1.29 is 18.3 Å². The van der Waals surface area contributed by atoms with Gasteiger partial charge < -0.3 is 14.6 Å². The number of ether oxygens (including phenoxy) is 1. The number of carbonyl (C=O) groups excluding carboxylic acids is 1. The van der Waals surface area contributed by atoms with Crippen LogP contribution in [0.15, 0.2) is 70.3 Å². The maximum atomic E-state index is 14.9. The zero-order valence-corrected chi connectivity index (χ0v) is 21.0. The quantitative estimate of drug-likeness (QED) is 0.324. The van der Waals surface area contributed by atoms with Crippen molar-refractivity contribution in [3.05, 3.63) is 98.8 Å². The molecule has 0 fully saturated rings. The third-order valence-electron chi connectivity index (χ3n) is 5.50. The van der Waals surface area contributed by atoms with Gasteiger partial charge in [0, 0.05) is 35.5 Å². The van der Waals surface area contributed by atoms with Gasteiger partial charge >= 0.3 is 0 Å². The van der Waals surface area contributed by atoms with Crippen LogP contribution in [-0.2, 0) is 7.05 Å². The van der Waals surface area contributed by atoms with E-state index in [0.717, 1.165) is 10.7 Å². The molecule has 0 aliphatic rings. The number of nitrogens with zero attached hydrogens (tertiary/aromatic N) is 5. The second-order valence-electron chi connectivity index (χ2n) is 8.07. The van der Waals surface area contributed by atoms with Crippen molar-refractivity contribution in [2.24, 2.45) is 7.05 Å². The van der Waals surface area contributed by atoms with Crippen LogP contribution in [0.25, 0.3) is 16.7 Å². The van der Waals surface area contributed by atoms with Crippen molar-refractivity contribution in [1.29, 1.82) is 0 Å². The van der Waals surface area contributed by atoms with Gasteiger partial charge in [0.05, 0.1) is 5.39 Å². The molecule has 0 aliphatic carbocycles. The molecule has 3 aromatic heterocycles. The molecule has 1 amide bonds. The molecule has 5 aromatic rings. The molecule has 12 heteroatoms. The normalized spacial score (nSPS) is 11.1. The monoisotopic (exact) mass is 566 g/mol. The lowest BCUT2D eigenvalue weighted by Gasteiger charge is -2.12. The first-order valence-electron chi connectivity index (χ1n) is 10.8. The van der Waals surface area contributed by atoms with Crippen LogP contribution in [0.1, 0.15) is 16.1 Å². The first-order valence-corrected chi connectivity index (χ1v) is 11.6. The van der Waals surface area contributed by atoms with Crippen LogP contribution in [0.4, 0.5) is 14.5 Å². The van der Waals surface area contributed by atoms with E-state index >= 15 is 0 Å². The van der Waals surface area contributed by atoms with Gasteiger partial charge in [-0.2, -0.15) is 9.78 Å². The van der Waals surface area contributed by atoms with Crippen LogP contribution in [0, 0.1) is 18.6 Å². The van der Waals surface area contributed by atoms with Crippen LogP contribution in [0.5, 0.6) is 11.6 Å². The molecule has 1 N–H and O–H groups in total. The van der Waals surface area contributed by atoms with Crippen molar-refractivity contribution in [1.82, 2.24) is 24.3 Å². The second kappa shape index (κ2) is 9.54. The van der Waals surface area contributed by atoms with Crippen molar-refractivity contribution in [2.75, 3.05) is 5.32 Å². The number of aromatic nitrogens is 5. The van der Waals surface area contributed by atoms with Gasteiger partial charge in [-0.1, -0.05) is 15.9 Å². The van der Waals surface area contributed by atoms with Crippen molar-refractivity contribution in [3.8, 4) is 17.3 Å². The number of rotatable bonds is 5. The maximum absolute atomic E-state index is 14.9. The zero-order valence-electron chi connectivity index (χ0n) is 19.4. The Kier molecular flexibility index (Phi) is 6.25. The number of fused-ring (bicyclic) bond motifs is 1. The van der Waals surface area contributed by atoms with Crippen molar-refractivity contribution in [2.45, 2.75) is 6.92 Å². The molecule has 0 saturated carbocycles. The molecular weight excluding hydrogens is 550 g/mol. The molecule has 0 aliphatic heterocycles. The van der Waals surface area contributed by atoms with Crippen LogP contribution in [0.2, 0.25) is 0 Å². The fraction of sp³-hybridized carbons (Fsp3) is 0.0800. The molecule has 186 valence electrons. The SMILES string of the molecule is Cc1cc(=O)n(-c2ccc(Br)cc2F)nc1C(=O)Nc1ccc(Oc2ncnc3c2ccn3C)c(F)c1. The second-order valence-corrected chi connectivity index (χ2v) is 8.98. The van der Waals surface area contributed by atoms with Gasteiger partial charge in [-0.25, -0.2) is 18.7 Å². The Morgan fingerprint density at radius 2 is 1.86 bits per heavy atom. The summed E-state index contributed by atoms with van der Waals surface area (Å²) in [6, 6.07) is 10.9. The number of anilines is 1. The maximum Gasteiger partial charge on any atom is 0.276 e. The van der Waals surface area contributed by atoms with Crippen molar-refractivity contribution >= 4 is 38.6 Å². The molecule has 5 rings (SSSR count). The number of hydrogen-bond acceptors (Lipinski definition) is 6. The summed E-state index contributed by atoms with van der Waals surface area (Å²) in [4.78, 5) is 33.6. The minimum Gasteiger partial charge on any atom is -0.435 e. The van der Waals surface area contributed by atoms with Crippen LogP contribution in [0.3, 0.4) is 0 Å². The highest BCUT2D eigenvalue weighted by atomic mass is 79.9. The molecule has 0 atom stereocenters. The average molecular weight is 567 g/mol. The van der Waals surface area contributed by atoms with Gasteiger partial charge in [0.1, 0.15) is 23.5 Å². The van der Waals surface area contributed by atoms with Crippen LogP contribution in [-0.4, -0.2) is 30.2 Å². The summed E-state index contributed by atoms with van der Waals surface area (Å²) >= 11 is 3.16. The number of nitrogens with one attached hydrogen (secondary N) is 1. The molecule has 37 heavy (non-hydrogen) atoms. The Morgan fingerprint density at radius 3 is 2.62 bits per heavy atom. The standard InChI is InChI=1S/C25H17BrF2N6O3/c1-13-9-21(35)34(19-5-3-14(26)10-17(19)27)32-22(13)24(36)31-15-4-6-20(18(28)11-15)37-25-16-7-8-33(2)23(16)29-12-30-25/h3-12H,1-2H3,(H,31,36). The van der Waals surface area contributed by atoms with E-state index in [2.05, 4.69) is 36.3 Å². The largest absolute Gasteiger partial charge is 0.435 e. The highest BCUT2D eigenvalue weighted by Gasteiger charge is 2.18. The van der Waals surface area contributed by atoms with E-state index in [1.165, 1.54) is 43.6 Å². The summed E-state index contributed by atoms with van der Waals surface area (Å²) in [7, 11) is 1.81. The predicted molar refractivity (Wildman–Crippen MR) is 135 cm³/mol. The number of benzene rings is 2. The summed E-state index contributed by atoms with van der Waals surface area (Å²) in [5.74, 6) is -2.07. The van der Waals surface area contributed by atoms with Gasteiger partial charge in [-0.3, -0.25) is 9.59 Å². The van der Waals surface area contributed by atoms with E-state index in [-0.39, 0.29) is 34.3 Å². The predicted octanol–water partition coefficient (Wildman–Crippen LogP) is 4.91. The molecular formula is C25H17BrF2N6O3. The van der Waals surface area contributed by atoms with Crippen LogP contribution < -0.4 is 15.6 Å². The molecule has 0 bridgehead atoms. The molecule has 2 aromatic carbocycles. The molecule has 3 heterocycles.